The van der Waals surface area contributed by atoms with Crippen LogP contribution in [0.4, 0.5) is 0 Å². The van der Waals surface area contributed by atoms with Gasteiger partial charge in [-0.2, -0.15) is 0 Å². The van der Waals surface area contributed by atoms with Gasteiger partial charge in [-0.1, -0.05) is 12.8 Å². The molecular weight excluding hydrogens is 467 g/mol. The van der Waals surface area contributed by atoms with E-state index in [1.807, 2.05) is 31.3 Å². The molecule has 1 aromatic carbocycles. The summed E-state index contributed by atoms with van der Waals surface area (Å²) >= 11 is 0. The molecule has 0 radical (unpaired) electrons. The van der Waals surface area contributed by atoms with Gasteiger partial charge in [-0.15, -0.1) is 24.0 Å². The van der Waals surface area contributed by atoms with Crippen molar-refractivity contribution in [3.05, 3.63) is 24.3 Å². The molecule has 1 aliphatic carbocycles. The second kappa shape index (κ2) is 12.4. The number of guanidine groups is 1. The summed E-state index contributed by atoms with van der Waals surface area (Å²) in [4.78, 5) is 7.04. The van der Waals surface area contributed by atoms with Gasteiger partial charge in [0.25, 0.3) is 0 Å². The molecule has 0 bridgehead atoms. The van der Waals surface area contributed by atoms with Crippen molar-refractivity contribution in [1.82, 2.24) is 15.5 Å². The molecular formula is C21H35IN4O2. The summed E-state index contributed by atoms with van der Waals surface area (Å²) in [5.41, 5.74) is 0. The third-order valence-electron chi connectivity index (χ3n) is 5.57. The first-order chi connectivity index (χ1) is 13.3. The number of halogens is 1. The summed E-state index contributed by atoms with van der Waals surface area (Å²) in [6.07, 6.45) is 7.70. The van der Waals surface area contributed by atoms with E-state index in [0.717, 1.165) is 43.0 Å². The van der Waals surface area contributed by atoms with Crippen molar-refractivity contribution in [2.45, 2.75) is 50.6 Å². The number of benzene rings is 1. The predicted octanol–water partition coefficient (Wildman–Crippen LogP) is 3.26. The second-order valence-electron chi connectivity index (χ2n) is 7.44. The fourth-order valence-electron chi connectivity index (χ4n) is 4.04. The van der Waals surface area contributed by atoms with Crippen LogP contribution in [0.1, 0.15) is 38.5 Å². The van der Waals surface area contributed by atoms with Gasteiger partial charge in [-0.25, -0.2) is 0 Å². The third-order valence-corrected chi connectivity index (χ3v) is 5.57. The van der Waals surface area contributed by atoms with Crippen molar-refractivity contribution in [3.8, 4) is 11.5 Å². The van der Waals surface area contributed by atoms with E-state index in [1.165, 1.54) is 38.6 Å². The number of nitrogens with one attached hydrogen (secondary N) is 2. The van der Waals surface area contributed by atoms with Gasteiger partial charge in [-0.05, 0) is 49.9 Å². The maximum atomic E-state index is 5.76. The minimum atomic E-state index is 0. The number of aliphatic imine (C=N–C) groups is 1. The Morgan fingerprint density at radius 3 is 2.54 bits per heavy atom. The molecule has 3 rings (SSSR count). The Hall–Kier alpha value is -1.22. The number of rotatable bonds is 8. The van der Waals surface area contributed by atoms with Crippen LogP contribution in [-0.4, -0.2) is 63.3 Å². The van der Waals surface area contributed by atoms with Crippen molar-refractivity contribution in [3.63, 3.8) is 0 Å². The van der Waals surface area contributed by atoms with Crippen LogP contribution in [0.15, 0.2) is 29.3 Å². The highest BCUT2D eigenvalue weighted by Crippen LogP contribution is 2.26. The first-order valence-electron chi connectivity index (χ1n) is 10.3. The average Bonchev–Trinajstić information content (AvgIpc) is 3.39. The molecule has 1 saturated carbocycles. The van der Waals surface area contributed by atoms with Gasteiger partial charge in [0.2, 0.25) is 0 Å². The Labute approximate surface area is 186 Å². The highest BCUT2D eigenvalue weighted by Gasteiger charge is 2.30. The monoisotopic (exact) mass is 502 g/mol. The Morgan fingerprint density at radius 2 is 1.86 bits per heavy atom. The molecule has 1 atom stereocenters. The largest absolute Gasteiger partial charge is 0.497 e. The lowest BCUT2D eigenvalue weighted by Gasteiger charge is -2.24. The Morgan fingerprint density at radius 1 is 1.14 bits per heavy atom. The summed E-state index contributed by atoms with van der Waals surface area (Å²) in [6.45, 7) is 3.88. The maximum absolute atomic E-state index is 5.76. The lowest BCUT2D eigenvalue weighted by Crippen LogP contribution is -2.45. The molecule has 1 aromatic rings. The standard InChI is InChI=1S/C21H34N4O2.HI/c1-22-21(24-17-12-14-25(16-17)18-6-3-4-7-18)23-13-5-15-27-20-10-8-19(26-2)9-11-20;/h8-11,17-18H,3-7,12-16H2,1-2H3,(H2,22,23,24);1H. The zero-order chi connectivity index (χ0) is 18.9. The SMILES string of the molecule is CN=C(NCCCOc1ccc(OC)cc1)NC1CCN(C2CCCC2)C1.I. The predicted molar refractivity (Wildman–Crippen MR) is 125 cm³/mol. The molecule has 0 aromatic heterocycles. The Balaban J connectivity index is 0.00000280. The topological polar surface area (TPSA) is 58.1 Å². The molecule has 28 heavy (non-hydrogen) atoms. The average molecular weight is 502 g/mol. The number of nitrogens with zero attached hydrogens (tertiary/aromatic N) is 2. The normalized spacial score (nSPS) is 20.6. The van der Waals surface area contributed by atoms with E-state index in [1.54, 1.807) is 7.11 Å². The molecule has 0 spiro atoms. The van der Waals surface area contributed by atoms with Gasteiger partial charge in [0.05, 0.1) is 13.7 Å². The molecule has 158 valence electrons. The minimum Gasteiger partial charge on any atom is -0.497 e. The van der Waals surface area contributed by atoms with E-state index < -0.39 is 0 Å². The van der Waals surface area contributed by atoms with Crippen LogP contribution in [0, 0.1) is 0 Å². The number of ether oxygens (including phenoxy) is 2. The zero-order valence-corrected chi connectivity index (χ0v) is 19.5. The highest BCUT2D eigenvalue weighted by atomic mass is 127. The van der Waals surface area contributed by atoms with Crippen molar-refractivity contribution in [2.75, 3.05) is 40.4 Å². The first kappa shape index (κ1) is 23.1. The summed E-state index contributed by atoms with van der Waals surface area (Å²) in [5.74, 6) is 2.62. The molecule has 1 heterocycles. The number of hydrogen-bond acceptors (Lipinski definition) is 4. The summed E-state index contributed by atoms with van der Waals surface area (Å²) in [6, 6.07) is 9.02. The number of methoxy groups -OCH3 is 1. The second-order valence-corrected chi connectivity index (χ2v) is 7.44. The van der Waals surface area contributed by atoms with Crippen molar-refractivity contribution in [2.24, 2.45) is 4.99 Å². The molecule has 0 amide bonds. The van der Waals surface area contributed by atoms with Gasteiger partial charge < -0.3 is 20.1 Å². The minimum absolute atomic E-state index is 0. The molecule has 2 fully saturated rings. The van der Waals surface area contributed by atoms with Gasteiger partial charge >= 0.3 is 0 Å². The van der Waals surface area contributed by atoms with Gasteiger partial charge in [-0.3, -0.25) is 9.89 Å². The molecule has 6 nitrogen and oxygen atoms in total. The van der Waals surface area contributed by atoms with E-state index in [0.29, 0.717) is 12.6 Å². The fourth-order valence-corrected chi connectivity index (χ4v) is 4.04. The van der Waals surface area contributed by atoms with Crippen LogP contribution in [0.3, 0.4) is 0 Å². The summed E-state index contributed by atoms with van der Waals surface area (Å²) in [5, 5.41) is 6.99. The van der Waals surface area contributed by atoms with E-state index in [-0.39, 0.29) is 24.0 Å². The smallest absolute Gasteiger partial charge is 0.191 e. The van der Waals surface area contributed by atoms with E-state index in [4.69, 9.17) is 9.47 Å². The number of hydrogen-bond donors (Lipinski definition) is 2. The first-order valence-corrected chi connectivity index (χ1v) is 10.3. The molecule has 1 aliphatic heterocycles. The van der Waals surface area contributed by atoms with E-state index in [9.17, 15) is 0 Å². The van der Waals surface area contributed by atoms with Gasteiger partial charge in [0.1, 0.15) is 11.5 Å². The lowest BCUT2D eigenvalue weighted by atomic mass is 10.2. The molecule has 1 unspecified atom stereocenters. The van der Waals surface area contributed by atoms with Crippen LogP contribution < -0.4 is 20.1 Å². The van der Waals surface area contributed by atoms with Crippen molar-refractivity contribution < 1.29 is 9.47 Å². The summed E-state index contributed by atoms with van der Waals surface area (Å²) < 4.78 is 10.9. The van der Waals surface area contributed by atoms with E-state index in [2.05, 4.69) is 20.5 Å². The van der Waals surface area contributed by atoms with E-state index >= 15 is 0 Å². The molecule has 2 aliphatic rings. The third kappa shape index (κ3) is 6.99. The summed E-state index contributed by atoms with van der Waals surface area (Å²) in [7, 11) is 3.51. The molecule has 7 heteroatoms. The van der Waals surface area contributed by atoms with Crippen LogP contribution in [0.2, 0.25) is 0 Å². The number of likely N-dealkylation sites (tertiary alicyclic amines) is 1. The van der Waals surface area contributed by atoms with Crippen molar-refractivity contribution >= 4 is 29.9 Å². The van der Waals surface area contributed by atoms with Crippen LogP contribution in [0.25, 0.3) is 0 Å². The van der Waals surface area contributed by atoms with Crippen LogP contribution in [-0.2, 0) is 0 Å². The zero-order valence-electron chi connectivity index (χ0n) is 17.2. The Kier molecular flexibility index (Phi) is 10.2. The highest BCUT2D eigenvalue weighted by molar-refractivity contribution is 14.0. The van der Waals surface area contributed by atoms with Crippen LogP contribution in [0.5, 0.6) is 11.5 Å². The van der Waals surface area contributed by atoms with Gasteiger partial charge in [0.15, 0.2) is 5.96 Å². The van der Waals surface area contributed by atoms with Crippen LogP contribution >= 0.6 is 24.0 Å². The lowest BCUT2D eigenvalue weighted by molar-refractivity contribution is 0.242. The van der Waals surface area contributed by atoms with Crippen molar-refractivity contribution in [1.29, 1.82) is 0 Å². The molecule has 2 N–H and O–H groups in total. The quantitative estimate of drug-likeness (QED) is 0.248. The Bertz CT molecular complexity index is 591. The fraction of sp³-hybridized carbons (Fsp3) is 0.667. The van der Waals surface area contributed by atoms with Gasteiger partial charge in [0, 0.05) is 38.8 Å². The maximum Gasteiger partial charge on any atom is 0.191 e. The molecule has 1 saturated heterocycles.